The molecule has 3 aromatic heterocycles. The largest absolute Gasteiger partial charge is 0.493 e. The van der Waals surface area contributed by atoms with Crippen LogP contribution < -0.4 is 14.8 Å². The fourth-order valence-electron chi connectivity index (χ4n) is 5.34. The minimum Gasteiger partial charge on any atom is -0.493 e. The lowest BCUT2D eigenvalue weighted by atomic mass is 9.98. The van der Waals surface area contributed by atoms with E-state index in [4.69, 9.17) is 13.9 Å². The standard InChI is InChI=1S/C32H30N2O4S/c1-19-23(8-6-9-25(19)34-31(35)17-22-15-21-7-4-5-10-30(21)39-22)24-13-14-33-26-18-28(38-32(24)26)20-11-12-27(36-2)29(16-20)37-3/h6,8-9,11-16,18H,4-5,7,10,17H2,1-3H3,(H,34,35). The molecule has 2 aromatic carbocycles. The number of carbonyl (C=O) groups is 1. The van der Waals surface area contributed by atoms with Gasteiger partial charge in [-0.1, -0.05) is 12.1 Å². The van der Waals surface area contributed by atoms with E-state index in [9.17, 15) is 4.79 Å². The minimum atomic E-state index is 0.00228. The van der Waals surface area contributed by atoms with Crippen LogP contribution in [-0.2, 0) is 24.1 Å². The zero-order chi connectivity index (χ0) is 26.9. The van der Waals surface area contributed by atoms with Crippen LogP contribution in [0.15, 0.2) is 65.2 Å². The highest BCUT2D eigenvalue weighted by atomic mass is 32.1. The number of thiophene rings is 1. The van der Waals surface area contributed by atoms with Gasteiger partial charge in [0.05, 0.1) is 20.6 Å². The van der Waals surface area contributed by atoms with Gasteiger partial charge in [0, 0.05) is 38.8 Å². The maximum atomic E-state index is 13.0. The van der Waals surface area contributed by atoms with Crippen LogP contribution in [0.25, 0.3) is 33.6 Å². The van der Waals surface area contributed by atoms with Gasteiger partial charge in [-0.2, -0.15) is 0 Å². The van der Waals surface area contributed by atoms with E-state index in [0.29, 0.717) is 29.3 Å². The first kappa shape index (κ1) is 25.2. The average molecular weight is 539 g/mol. The highest BCUT2D eigenvalue weighted by Crippen LogP contribution is 2.39. The SMILES string of the molecule is COc1ccc(-c2cc3nccc(-c4cccc(NC(=O)Cc5cc6c(s5)CCCC6)c4C)c3o2)cc1OC. The Bertz CT molecular complexity index is 1660. The Kier molecular flexibility index (Phi) is 6.83. The highest BCUT2D eigenvalue weighted by molar-refractivity contribution is 7.12. The summed E-state index contributed by atoms with van der Waals surface area (Å²) >= 11 is 1.79. The van der Waals surface area contributed by atoms with Gasteiger partial charge in [-0.3, -0.25) is 9.78 Å². The van der Waals surface area contributed by atoms with E-state index in [1.165, 1.54) is 23.3 Å². The van der Waals surface area contributed by atoms with Crippen molar-refractivity contribution < 1.29 is 18.7 Å². The number of anilines is 1. The monoisotopic (exact) mass is 538 g/mol. The van der Waals surface area contributed by atoms with Gasteiger partial charge < -0.3 is 19.2 Å². The molecule has 1 amide bonds. The van der Waals surface area contributed by atoms with Crippen molar-refractivity contribution in [1.29, 1.82) is 0 Å². The van der Waals surface area contributed by atoms with E-state index in [1.807, 2.05) is 55.5 Å². The first-order chi connectivity index (χ1) is 19.0. The van der Waals surface area contributed by atoms with Crippen molar-refractivity contribution in [2.45, 2.75) is 39.0 Å². The van der Waals surface area contributed by atoms with Gasteiger partial charge in [-0.05, 0) is 85.7 Å². The van der Waals surface area contributed by atoms with Gasteiger partial charge in [0.25, 0.3) is 0 Å². The number of hydrogen-bond acceptors (Lipinski definition) is 6. The van der Waals surface area contributed by atoms with Crippen LogP contribution in [0.2, 0.25) is 0 Å². The van der Waals surface area contributed by atoms with E-state index in [-0.39, 0.29) is 5.91 Å². The molecule has 0 atom stereocenters. The number of hydrogen-bond donors (Lipinski definition) is 1. The number of rotatable bonds is 7. The molecule has 1 aliphatic rings. The van der Waals surface area contributed by atoms with Crippen molar-refractivity contribution in [3.63, 3.8) is 0 Å². The Labute approximate surface area is 231 Å². The molecule has 6 rings (SSSR count). The molecule has 0 saturated heterocycles. The Morgan fingerprint density at radius 3 is 2.67 bits per heavy atom. The molecule has 0 aliphatic heterocycles. The lowest BCUT2D eigenvalue weighted by molar-refractivity contribution is -0.115. The summed E-state index contributed by atoms with van der Waals surface area (Å²) in [5.41, 5.74) is 7.44. The smallest absolute Gasteiger partial charge is 0.229 e. The fourth-order valence-corrected chi connectivity index (χ4v) is 6.60. The quantitative estimate of drug-likeness (QED) is 0.231. The minimum absolute atomic E-state index is 0.00228. The predicted octanol–water partition coefficient (Wildman–Crippen LogP) is 7.61. The zero-order valence-electron chi connectivity index (χ0n) is 22.3. The van der Waals surface area contributed by atoms with E-state index in [0.717, 1.165) is 51.2 Å². The molecule has 0 fully saturated rings. The average Bonchev–Trinajstić information content (AvgIpc) is 3.57. The Morgan fingerprint density at radius 2 is 1.85 bits per heavy atom. The van der Waals surface area contributed by atoms with E-state index >= 15 is 0 Å². The van der Waals surface area contributed by atoms with Crippen LogP contribution in [0, 0.1) is 6.92 Å². The number of ether oxygens (including phenoxy) is 2. The van der Waals surface area contributed by atoms with E-state index in [1.54, 1.807) is 31.8 Å². The normalized spacial score (nSPS) is 12.8. The number of benzene rings is 2. The second-order valence-corrected chi connectivity index (χ2v) is 11.0. The summed E-state index contributed by atoms with van der Waals surface area (Å²) in [6, 6.07) is 17.8. The molecule has 0 unspecified atom stereocenters. The fraction of sp³-hybridized carbons (Fsp3) is 0.250. The number of aromatic nitrogens is 1. The third-order valence-corrected chi connectivity index (χ3v) is 8.60. The number of nitrogens with one attached hydrogen (secondary N) is 1. The Morgan fingerprint density at radius 1 is 1.00 bits per heavy atom. The molecule has 0 bridgehead atoms. The van der Waals surface area contributed by atoms with Crippen LogP contribution in [-0.4, -0.2) is 25.1 Å². The Hall–Kier alpha value is -4.10. The van der Waals surface area contributed by atoms with Gasteiger partial charge in [0.1, 0.15) is 11.3 Å². The number of pyridine rings is 1. The summed E-state index contributed by atoms with van der Waals surface area (Å²) < 4.78 is 17.2. The Balaban J connectivity index is 1.29. The molecule has 5 aromatic rings. The first-order valence-electron chi connectivity index (χ1n) is 13.2. The van der Waals surface area contributed by atoms with Crippen LogP contribution in [0.3, 0.4) is 0 Å². The molecule has 3 heterocycles. The number of nitrogens with zero attached hydrogens (tertiary/aromatic N) is 1. The second-order valence-electron chi connectivity index (χ2n) is 9.82. The number of fused-ring (bicyclic) bond motifs is 2. The summed E-state index contributed by atoms with van der Waals surface area (Å²) in [5, 5.41) is 3.15. The van der Waals surface area contributed by atoms with Crippen molar-refractivity contribution >= 4 is 34.0 Å². The summed E-state index contributed by atoms with van der Waals surface area (Å²) in [7, 11) is 3.23. The number of carbonyl (C=O) groups excluding carboxylic acids is 1. The van der Waals surface area contributed by atoms with Crippen molar-refractivity contribution in [2.24, 2.45) is 0 Å². The van der Waals surface area contributed by atoms with Crippen molar-refractivity contribution in [3.05, 3.63) is 81.7 Å². The number of furan rings is 1. The molecule has 1 aliphatic carbocycles. The van der Waals surface area contributed by atoms with Crippen molar-refractivity contribution in [1.82, 2.24) is 4.98 Å². The third kappa shape index (κ3) is 4.90. The molecule has 0 radical (unpaired) electrons. The molecule has 39 heavy (non-hydrogen) atoms. The van der Waals surface area contributed by atoms with Gasteiger partial charge >= 0.3 is 0 Å². The van der Waals surface area contributed by atoms with Crippen LogP contribution in [0.4, 0.5) is 5.69 Å². The van der Waals surface area contributed by atoms with E-state index < -0.39 is 0 Å². The molecule has 0 saturated carbocycles. The number of aryl methyl sites for hydroxylation is 2. The maximum Gasteiger partial charge on any atom is 0.229 e. The summed E-state index contributed by atoms with van der Waals surface area (Å²) in [6.45, 7) is 2.03. The number of amides is 1. The van der Waals surface area contributed by atoms with Crippen LogP contribution in [0.5, 0.6) is 11.5 Å². The molecule has 0 spiro atoms. The molecule has 7 heteroatoms. The maximum absolute atomic E-state index is 13.0. The van der Waals surface area contributed by atoms with Gasteiger partial charge in [0.2, 0.25) is 5.91 Å². The summed E-state index contributed by atoms with van der Waals surface area (Å²) in [6.07, 6.45) is 6.95. The predicted molar refractivity (Wildman–Crippen MR) is 156 cm³/mol. The van der Waals surface area contributed by atoms with Crippen molar-refractivity contribution in [2.75, 3.05) is 19.5 Å². The topological polar surface area (TPSA) is 73.6 Å². The lowest BCUT2D eigenvalue weighted by Crippen LogP contribution is -2.14. The summed E-state index contributed by atoms with van der Waals surface area (Å²) in [5.74, 6) is 1.98. The van der Waals surface area contributed by atoms with Crippen molar-refractivity contribution in [3.8, 4) is 33.9 Å². The van der Waals surface area contributed by atoms with Gasteiger partial charge in [0.15, 0.2) is 17.1 Å². The van der Waals surface area contributed by atoms with Crippen LogP contribution >= 0.6 is 11.3 Å². The highest BCUT2D eigenvalue weighted by Gasteiger charge is 2.18. The second kappa shape index (κ2) is 10.6. The molecular weight excluding hydrogens is 508 g/mol. The van der Waals surface area contributed by atoms with E-state index in [2.05, 4.69) is 16.4 Å². The van der Waals surface area contributed by atoms with Gasteiger partial charge in [-0.25, -0.2) is 0 Å². The third-order valence-electron chi connectivity index (χ3n) is 7.36. The van der Waals surface area contributed by atoms with Crippen LogP contribution in [0.1, 0.15) is 33.7 Å². The molecule has 198 valence electrons. The van der Waals surface area contributed by atoms with Gasteiger partial charge in [-0.15, -0.1) is 11.3 Å². The molecule has 1 N–H and O–H groups in total. The molecular formula is C32H30N2O4S. The first-order valence-corrected chi connectivity index (χ1v) is 14.0. The summed E-state index contributed by atoms with van der Waals surface area (Å²) in [4.78, 5) is 20.2. The molecule has 6 nitrogen and oxygen atoms in total. The lowest BCUT2D eigenvalue weighted by Gasteiger charge is -2.13. The number of methoxy groups -OCH3 is 2. The zero-order valence-corrected chi connectivity index (χ0v) is 23.1.